The van der Waals surface area contributed by atoms with Crippen molar-refractivity contribution in [2.24, 2.45) is 5.92 Å². The maximum atomic E-state index is 12.7. The molecule has 0 unspecified atom stereocenters. The summed E-state index contributed by atoms with van der Waals surface area (Å²) in [7, 11) is 0. The number of carbonyl (C=O) groups excluding carboxylic acids is 2. The number of carbonyl (C=O) groups is 2. The Balaban J connectivity index is 1.48. The quantitative estimate of drug-likeness (QED) is 0.933. The highest BCUT2D eigenvalue weighted by atomic mass is 16.2. The molecule has 1 saturated carbocycles. The number of amides is 2. The van der Waals surface area contributed by atoms with Gasteiger partial charge < -0.3 is 10.2 Å². The van der Waals surface area contributed by atoms with Gasteiger partial charge in [0, 0.05) is 19.1 Å². The average molecular weight is 324 g/mol. The standard InChI is InChI=1S/C18H20N4O2/c23-17(20-13-7-8-13)12-4-3-9-22(11-12)18(24)16-10-19-14-5-1-2-6-15(14)21-16/h1-2,5-6,10,12-13H,3-4,7-9,11H2,(H,20,23)/t12-/m1/s1. The van der Waals surface area contributed by atoms with Gasteiger partial charge in [0.15, 0.2) is 0 Å². The van der Waals surface area contributed by atoms with Gasteiger partial charge in [-0.15, -0.1) is 0 Å². The van der Waals surface area contributed by atoms with Gasteiger partial charge in [-0.25, -0.2) is 4.98 Å². The summed E-state index contributed by atoms with van der Waals surface area (Å²) >= 11 is 0. The van der Waals surface area contributed by atoms with E-state index in [0.717, 1.165) is 31.2 Å². The van der Waals surface area contributed by atoms with E-state index in [1.54, 1.807) is 4.90 Å². The Morgan fingerprint density at radius 2 is 1.92 bits per heavy atom. The van der Waals surface area contributed by atoms with Gasteiger partial charge in [-0.1, -0.05) is 12.1 Å². The Kier molecular flexibility index (Phi) is 3.88. The van der Waals surface area contributed by atoms with Crippen molar-refractivity contribution in [1.82, 2.24) is 20.2 Å². The minimum absolute atomic E-state index is 0.0830. The number of benzene rings is 1. The topological polar surface area (TPSA) is 75.2 Å². The predicted octanol–water partition coefficient (Wildman–Crippen LogP) is 1.76. The highest BCUT2D eigenvalue weighted by molar-refractivity contribution is 5.94. The number of likely N-dealkylation sites (tertiary alicyclic amines) is 1. The van der Waals surface area contributed by atoms with Gasteiger partial charge in [0.2, 0.25) is 5.91 Å². The Hall–Kier alpha value is -2.50. The number of hydrogen-bond donors (Lipinski definition) is 1. The lowest BCUT2D eigenvalue weighted by atomic mass is 9.97. The van der Waals surface area contributed by atoms with Crippen LogP contribution in [0.4, 0.5) is 0 Å². The average Bonchev–Trinajstić information content (AvgIpc) is 3.44. The first-order valence-corrected chi connectivity index (χ1v) is 8.52. The number of rotatable bonds is 3. The summed E-state index contributed by atoms with van der Waals surface area (Å²) in [6.07, 6.45) is 5.36. The molecule has 1 N–H and O–H groups in total. The van der Waals surface area contributed by atoms with Crippen LogP contribution in [-0.2, 0) is 4.79 Å². The molecule has 1 atom stereocenters. The minimum Gasteiger partial charge on any atom is -0.353 e. The van der Waals surface area contributed by atoms with Gasteiger partial charge in [-0.3, -0.25) is 14.6 Å². The summed E-state index contributed by atoms with van der Waals surface area (Å²) in [4.78, 5) is 35.5. The van der Waals surface area contributed by atoms with E-state index in [-0.39, 0.29) is 17.7 Å². The van der Waals surface area contributed by atoms with Gasteiger partial charge >= 0.3 is 0 Å². The van der Waals surface area contributed by atoms with Crippen LogP contribution >= 0.6 is 0 Å². The van der Waals surface area contributed by atoms with E-state index in [1.807, 2.05) is 24.3 Å². The van der Waals surface area contributed by atoms with Gasteiger partial charge in [-0.05, 0) is 37.8 Å². The lowest BCUT2D eigenvalue weighted by molar-refractivity contribution is -0.126. The Labute approximate surface area is 140 Å². The lowest BCUT2D eigenvalue weighted by Crippen LogP contribution is -2.46. The van der Waals surface area contributed by atoms with E-state index in [1.165, 1.54) is 6.20 Å². The van der Waals surface area contributed by atoms with E-state index in [2.05, 4.69) is 15.3 Å². The van der Waals surface area contributed by atoms with Crippen LogP contribution in [0.15, 0.2) is 30.5 Å². The minimum atomic E-state index is -0.142. The summed E-state index contributed by atoms with van der Waals surface area (Å²) in [5.74, 6) is -0.173. The van der Waals surface area contributed by atoms with Gasteiger partial charge in [-0.2, -0.15) is 0 Å². The highest BCUT2D eigenvalue weighted by Crippen LogP contribution is 2.23. The smallest absolute Gasteiger partial charge is 0.274 e. The van der Waals surface area contributed by atoms with Crippen LogP contribution in [0.2, 0.25) is 0 Å². The molecule has 4 rings (SSSR count). The van der Waals surface area contributed by atoms with Crippen LogP contribution in [0, 0.1) is 5.92 Å². The number of piperidine rings is 1. The maximum Gasteiger partial charge on any atom is 0.274 e. The van der Waals surface area contributed by atoms with Crippen molar-refractivity contribution in [2.75, 3.05) is 13.1 Å². The van der Waals surface area contributed by atoms with Crippen molar-refractivity contribution in [3.63, 3.8) is 0 Å². The van der Waals surface area contributed by atoms with Crippen molar-refractivity contribution in [1.29, 1.82) is 0 Å². The number of para-hydroxylation sites is 2. The van der Waals surface area contributed by atoms with Crippen molar-refractivity contribution in [3.05, 3.63) is 36.2 Å². The zero-order chi connectivity index (χ0) is 16.5. The van der Waals surface area contributed by atoms with E-state index in [9.17, 15) is 9.59 Å². The molecule has 124 valence electrons. The maximum absolute atomic E-state index is 12.7. The number of aromatic nitrogens is 2. The van der Waals surface area contributed by atoms with Crippen molar-refractivity contribution in [2.45, 2.75) is 31.7 Å². The number of nitrogens with zero attached hydrogens (tertiary/aromatic N) is 3. The van der Waals surface area contributed by atoms with Crippen molar-refractivity contribution >= 4 is 22.8 Å². The molecule has 2 fully saturated rings. The molecule has 0 spiro atoms. The van der Waals surface area contributed by atoms with Crippen molar-refractivity contribution < 1.29 is 9.59 Å². The van der Waals surface area contributed by atoms with Crippen LogP contribution < -0.4 is 5.32 Å². The van der Waals surface area contributed by atoms with Crippen LogP contribution in [0.5, 0.6) is 0 Å². The van der Waals surface area contributed by atoms with Gasteiger partial charge in [0.1, 0.15) is 5.69 Å². The van der Waals surface area contributed by atoms with Crippen molar-refractivity contribution in [3.8, 4) is 0 Å². The second-order valence-corrected chi connectivity index (χ2v) is 6.62. The summed E-state index contributed by atoms with van der Waals surface area (Å²) < 4.78 is 0. The molecule has 1 aliphatic heterocycles. The molecule has 2 heterocycles. The van der Waals surface area contributed by atoms with E-state index >= 15 is 0 Å². The molecule has 2 amide bonds. The van der Waals surface area contributed by atoms with Crippen LogP contribution in [-0.4, -0.2) is 45.8 Å². The molecule has 6 nitrogen and oxygen atoms in total. The molecule has 6 heteroatoms. The third-order valence-electron chi connectivity index (χ3n) is 4.67. The summed E-state index contributed by atoms with van der Waals surface area (Å²) in [5.41, 5.74) is 1.83. The normalized spacial score (nSPS) is 20.8. The first-order chi connectivity index (χ1) is 11.7. The Morgan fingerprint density at radius 3 is 2.71 bits per heavy atom. The third-order valence-corrected chi connectivity index (χ3v) is 4.67. The van der Waals surface area contributed by atoms with E-state index < -0.39 is 0 Å². The van der Waals surface area contributed by atoms with Crippen LogP contribution in [0.25, 0.3) is 11.0 Å². The number of fused-ring (bicyclic) bond motifs is 1. The first-order valence-electron chi connectivity index (χ1n) is 8.52. The molecule has 0 radical (unpaired) electrons. The number of hydrogen-bond acceptors (Lipinski definition) is 4. The lowest BCUT2D eigenvalue weighted by Gasteiger charge is -2.31. The van der Waals surface area contributed by atoms with Crippen LogP contribution in [0.3, 0.4) is 0 Å². The second kappa shape index (κ2) is 6.19. The molecule has 2 aliphatic rings. The fourth-order valence-electron chi connectivity index (χ4n) is 3.14. The number of nitrogens with one attached hydrogen (secondary N) is 1. The molecule has 0 bridgehead atoms. The monoisotopic (exact) mass is 324 g/mol. The summed E-state index contributed by atoms with van der Waals surface area (Å²) in [6.45, 7) is 1.13. The molecule has 2 aromatic rings. The summed E-state index contributed by atoms with van der Waals surface area (Å²) in [5, 5.41) is 3.04. The van der Waals surface area contributed by atoms with Crippen LogP contribution in [0.1, 0.15) is 36.2 Å². The largest absolute Gasteiger partial charge is 0.353 e. The summed E-state index contributed by atoms with van der Waals surface area (Å²) in [6, 6.07) is 7.85. The zero-order valence-electron chi connectivity index (χ0n) is 13.4. The molecule has 24 heavy (non-hydrogen) atoms. The second-order valence-electron chi connectivity index (χ2n) is 6.62. The molecular weight excluding hydrogens is 304 g/mol. The van der Waals surface area contributed by atoms with Gasteiger partial charge in [0.05, 0.1) is 23.1 Å². The fourth-order valence-corrected chi connectivity index (χ4v) is 3.14. The molecular formula is C18H20N4O2. The Bertz CT molecular complexity index is 787. The highest BCUT2D eigenvalue weighted by Gasteiger charge is 2.32. The molecule has 1 aromatic heterocycles. The third kappa shape index (κ3) is 3.09. The SMILES string of the molecule is O=C(NC1CC1)[C@@H]1CCCN(C(=O)c2cnc3ccccc3n2)C1. The molecule has 1 saturated heterocycles. The Morgan fingerprint density at radius 1 is 1.12 bits per heavy atom. The van der Waals surface area contributed by atoms with Gasteiger partial charge in [0.25, 0.3) is 5.91 Å². The van der Waals surface area contributed by atoms with E-state index in [4.69, 9.17) is 0 Å². The van der Waals surface area contributed by atoms with E-state index in [0.29, 0.717) is 30.3 Å². The zero-order valence-corrected chi connectivity index (χ0v) is 13.4. The first kappa shape index (κ1) is 15.1. The fraction of sp³-hybridized carbons (Fsp3) is 0.444. The molecule has 1 aromatic carbocycles. The molecule has 1 aliphatic carbocycles. The predicted molar refractivity (Wildman–Crippen MR) is 89.3 cm³/mol.